The molecule has 3 rings (SSSR count). The van der Waals surface area contributed by atoms with Crippen molar-refractivity contribution in [2.24, 2.45) is 5.73 Å². The van der Waals surface area contributed by atoms with Gasteiger partial charge in [0.25, 0.3) is 0 Å². The normalized spacial score (nSPS) is 10.7. The number of halogens is 1. The van der Waals surface area contributed by atoms with Crippen LogP contribution in [0.3, 0.4) is 0 Å². The van der Waals surface area contributed by atoms with Gasteiger partial charge >= 0.3 is 0 Å². The minimum absolute atomic E-state index is 0.429. The summed E-state index contributed by atoms with van der Waals surface area (Å²) in [6, 6.07) is 13.0. The Kier molecular flexibility index (Phi) is 3.42. The molecule has 20 heavy (non-hydrogen) atoms. The van der Waals surface area contributed by atoms with E-state index in [0.29, 0.717) is 5.56 Å². The van der Waals surface area contributed by atoms with Crippen molar-refractivity contribution in [2.45, 2.75) is 0 Å². The molecule has 2 aromatic carbocycles. The van der Waals surface area contributed by atoms with Gasteiger partial charge in [-0.3, -0.25) is 4.79 Å². The predicted molar refractivity (Wildman–Crippen MR) is 85.6 cm³/mol. The van der Waals surface area contributed by atoms with Gasteiger partial charge in [0.1, 0.15) is 0 Å². The Balaban J connectivity index is 1.87. The van der Waals surface area contributed by atoms with Crippen molar-refractivity contribution in [1.82, 2.24) is 4.98 Å². The maximum atomic E-state index is 11.0. The Morgan fingerprint density at radius 1 is 1.20 bits per heavy atom. The van der Waals surface area contributed by atoms with Crippen LogP contribution in [0.4, 0.5) is 10.8 Å². The molecule has 1 amide bonds. The van der Waals surface area contributed by atoms with Crippen LogP contribution in [-0.4, -0.2) is 10.9 Å². The zero-order valence-corrected chi connectivity index (χ0v) is 12.7. The Hall–Kier alpha value is -1.92. The van der Waals surface area contributed by atoms with Crippen molar-refractivity contribution < 1.29 is 4.79 Å². The van der Waals surface area contributed by atoms with Gasteiger partial charge in [-0.15, -0.1) is 0 Å². The molecule has 3 N–H and O–H groups in total. The Morgan fingerprint density at radius 2 is 1.95 bits per heavy atom. The lowest BCUT2D eigenvalue weighted by molar-refractivity contribution is 0.100. The number of nitrogens with two attached hydrogens (primary N) is 1. The van der Waals surface area contributed by atoms with E-state index in [2.05, 4.69) is 26.2 Å². The van der Waals surface area contributed by atoms with Gasteiger partial charge in [-0.1, -0.05) is 27.3 Å². The molecule has 0 bridgehead atoms. The zero-order chi connectivity index (χ0) is 14.1. The number of rotatable bonds is 3. The SMILES string of the molecule is NC(=O)c1ccc(Nc2nc3ccc(Br)cc3s2)cc1. The number of benzene rings is 2. The number of carbonyl (C=O) groups is 1. The fourth-order valence-corrected chi connectivity index (χ4v) is 3.23. The molecule has 0 aliphatic rings. The van der Waals surface area contributed by atoms with Crippen LogP contribution in [0.25, 0.3) is 10.2 Å². The molecule has 1 heterocycles. The van der Waals surface area contributed by atoms with E-state index in [1.165, 1.54) is 0 Å². The number of amides is 1. The number of fused-ring (bicyclic) bond motifs is 1. The zero-order valence-electron chi connectivity index (χ0n) is 10.3. The number of primary amides is 1. The number of aromatic nitrogens is 1. The highest BCUT2D eigenvalue weighted by Gasteiger charge is 2.05. The molecule has 100 valence electrons. The van der Waals surface area contributed by atoms with Crippen molar-refractivity contribution in [2.75, 3.05) is 5.32 Å². The maximum Gasteiger partial charge on any atom is 0.248 e. The molecule has 3 aromatic rings. The smallest absolute Gasteiger partial charge is 0.248 e. The molecule has 0 aliphatic carbocycles. The second kappa shape index (κ2) is 5.22. The first-order valence-corrected chi connectivity index (χ1v) is 7.46. The Labute approximate surface area is 127 Å². The third-order valence-corrected chi connectivity index (χ3v) is 4.20. The van der Waals surface area contributed by atoms with Gasteiger partial charge in [0.05, 0.1) is 10.2 Å². The van der Waals surface area contributed by atoms with E-state index in [1.54, 1.807) is 23.5 Å². The third-order valence-electron chi connectivity index (χ3n) is 2.77. The van der Waals surface area contributed by atoms with Gasteiger partial charge < -0.3 is 11.1 Å². The van der Waals surface area contributed by atoms with Crippen LogP contribution < -0.4 is 11.1 Å². The highest BCUT2D eigenvalue weighted by Crippen LogP contribution is 2.30. The molecule has 0 atom stereocenters. The number of carbonyl (C=O) groups excluding carboxylic acids is 1. The van der Waals surface area contributed by atoms with Gasteiger partial charge in [-0.25, -0.2) is 4.98 Å². The molecule has 0 aliphatic heterocycles. The summed E-state index contributed by atoms with van der Waals surface area (Å²) in [5.74, 6) is -0.429. The number of nitrogens with one attached hydrogen (secondary N) is 1. The Bertz CT molecular complexity index is 783. The van der Waals surface area contributed by atoms with Crippen LogP contribution in [-0.2, 0) is 0 Å². The van der Waals surface area contributed by atoms with Crippen LogP contribution in [0.2, 0.25) is 0 Å². The monoisotopic (exact) mass is 347 g/mol. The van der Waals surface area contributed by atoms with Crippen LogP contribution in [0.5, 0.6) is 0 Å². The summed E-state index contributed by atoms with van der Waals surface area (Å²) < 4.78 is 2.14. The molecule has 6 heteroatoms. The van der Waals surface area contributed by atoms with Crippen molar-refractivity contribution >= 4 is 54.2 Å². The number of hydrogen-bond donors (Lipinski definition) is 2. The van der Waals surface area contributed by atoms with Crippen LogP contribution >= 0.6 is 27.3 Å². The minimum Gasteiger partial charge on any atom is -0.366 e. The van der Waals surface area contributed by atoms with Crippen molar-refractivity contribution in [3.63, 3.8) is 0 Å². The van der Waals surface area contributed by atoms with Crippen LogP contribution in [0.1, 0.15) is 10.4 Å². The van der Waals surface area contributed by atoms with E-state index in [9.17, 15) is 4.79 Å². The quantitative estimate of drug-likeness (QED) is 0.754. The predicted octanol–water partition coefficient (Wildman–Crippen LogP) is 3.90. The number of anilines is 2. The van der Waals surface area contributed by atoms with Crippen molar-refractivity contribution in [3.8, 4) is 0 Å². The van der Waals surface area contributed by atoms with E-state index < -0.39 is 5.91 Å². The summed E-state index contributed by atoms with van der Waals surface area (Å²) >= 11 is 5.02. The van der Waals surface area contributed by atoms with Gasteiger partial charge in [0, 0.05) is 15.7 Å². The fraction of sp³-hybridized carbons (Fsp3) is 0. The number of nitrogens with zero attached hydrogens (tertiary/aromatic N) is 1. The molecule has 0 unspecified atom stereocenters. The van der Waals surface area contributed by atoms with Crippen molar-refractivity contribution in [1.29, 1.82) is 0 Å². The molecule has 0 saturated heterocycles. The van der Waals surface area contributed by atoms with Gasteiger partial charge in [-0.05, 0) is 42.5 Å². The van der Waals surface area contributed by atoms with Crippen LogP contribution in [0, 0.1) is 0 Å². The highest BCUT2D eigenvalue weighted by atomic mass is 79.9. The topological polar surface area (TPSA) is 68.0 Å². The summed E-state index contributed by atoms with van der Waals surface area (Å²) in [6.45, 7) is 0. The Morgan fingerprint density at radius 3 is 2.65 bits per heavy atom. The first-order chi connectivity index (χ1) is 9.61. The molecule has 0 radical (unpaired) electrons. The molecule has 4 nitrogen and oxygen atoms in total. The minimum atomic E-state index is -0.429. The molecule has 0 spiro atoms. The summed E-state index contributed by atoms with van der Waals surface area (Å²) in [6.07, 6.45) is 0. The van der Waals surface area contributed by atoms with Gasteiger partial charge in [0.15, 0.2) is 5.13 Å². The molecule has 0 saturated carbocycles. The highest BCUT2D eigenvalue weighted by molar-refractivity contribution is 9.10. The largest absolute Gasteiger partial charge is 0.366 e. The molecule has 1 aromatic heterocycles. The van der Waals surface area contributed by atoms with E-state index >= 15 is 0 Å². The molecular formula is C14H10BrN3OS. The van der Waals surface area contributed by atoms with Crippen LogP contribution in [0.15, 0.2) is 46.9 Å². The lowest BCUT2D eigenvalue weighted by Crippen LogP contribution is -2.10. The number of hydrogen-bond acceptors (Lipinski definition) is 4. The maximum absolute atomic E-state index is 11.0. The van der Waals surface area contributed by atoms with E-state index in [-0.39, 0.29) is 0 Å². The third kappa shape index (κ3) is 2.66. The van der Waals surface area contributed by atoms with Gasteiger partial charge in [0.2, 0.25) is 5.91 Å². The second-order valence-corrected chi connectivity index (χ2v) is 6.14. The lowest BCUT2D eigenvalue weighted by atomic mass is 10.2. The summed E-state index contributed by atoms with van der Waals surface area (Å²) in [4.78, 5) is 15.5. The summed E-state index contributed by atoms with van der Waals surface area (Å²) in [5, 5.41) is 4.03. The molecule has 0 fully saturated rings. The average molecular weight is 348 g/mol. The standard InChI is InChI=1S/C14H10BrN3OS/c15-9-3-6-11-12(7-9)20-14(18-11)17-10-4-1-8(2-5-10)13(16)19/h1-7H,(H2,16,19)(H,17,18). The lowest BCUT2D eigenvalue weighted by Gasteiger charge is -2.02. The van der Waals surface area contributed by atoms with Crippen molar-refractivity contribution in [3.05, 3.63) is 52.5 Å². The first-order valence-electron chi connectivity index (χ1n) is 5.85. The van der Waals surface area contributed by atoms with E-state index in [1.807, 2.05) is 30.3 Å². The van der Waals surface area contributed by atoms with E-state index in [0.717, 1.165) is 25.5 Å². The summed E-state index contributed by atoms with van der Waals surface area (Å²) in [7, 11) is 0. The summed E-state index contributed by atoms with van der Waals surface area (Å²) in [5.41, 5.74) is 7.52. The van der Waals surface area contributed by atoms with E-state index in [4.69, 9.17) is 5.73 Å². The fourth-order valence-electron chi connectivity index (χ4n) is 1.79. The van der Waals surface area contributed by atoms with Gasteiger partial charge in [-0.2, -0.15) is 0 Å². The average Bonchev–Trinajstić information content (AvgIpc) is 2.80. The number of thiazole rings is 1. The first kappa shape index (κ1) is 13.1. The molecular weight excluding hydrogens is 338 g/mol. The second-order valence-electron chi connectivity index (χ2n) is 4.20.